The first-order valence-electron chi connectivity index (χ1n) is 5.55. The third-order valence-electron chi connectivity index (χ3n) is 3.40. The van der Waals surface area contributed by atoms with E-state index in [1.54, 1.807) is 0 Å². The maximum atomic E-state index is 3.60. The van der Waals surface area contributed by atoms with E-state index in [1.807, 2.05) is 0 Å². The molecule has 1 N–H and O–H groups in total. The van der Waals surface area contributed by atoms with Crippen LogP contribution in [0.3, 0.4) is 0 Å². The highest BCUT2D eigenvalue weighted by molar-refractivity contribution is 5.90. The van der Waals surface area contributed by atoms with Crippen molar-refractivity contribution in [2.45, 2.75) is 25.9 Å². The molecule has 15 heavy (non-hydrogen) atoms. The summed E-state index contributed by atoms with van der Waals surface area (Å²) in [6.45, 7) is 4.47. The molecule has 0 aromatic heterocycles. The van der Waals surface area contributed by atoms with Gasteiger partial charge in [0, 0.05) is 12.1 Å². The third kappa shape index (κ3) is 1.20. The van der Waals surface area contributed by atoms with Gasteiger partial charge in [0.2, 0.25) is 0 Å². The Hall–Kier alpha value is -1.34. The molecule has 2 atom stereocenters. The molecule has 1 nitrogen and oxygen atoms in total. The summed E-state index contributed by atoms with van der Waals surface area (Å²) in [5.41, 5.74) is 2.86. The van der Waals surface area contributed by atoms with Crippen LogP contribution in [0.15, 0.2) is 36.4 Å². The lowest BCUT2D eigenvalue weighted by Crippen LogP contribution is -2.26. The molecule has 0 fully saturated rings. The summed E-state index contributed by atoms with van der Waals surface area (Å²) in [6, 6.07) is 14.1. The van der Waals surface area contributed by atoms with E-state index in [0.717, 1.165) is 0 Å². The number of rotatable bonds is 0. The fourth-order valence-electron chi connectivity index (χ4n) is 2.68. The van der Waals surface area contributed by atoms with Gasteiger partial charge < -0.3 is 5.32 Å². The average molecular weight is 197 g/mol. The van der Waals surface area contributed by atoms with Crippen molar-refractivity contribution in [3.8, 4) is 0 Å². The molecule has 1 heterocycles. The summed E-state index contributed by atoms with van der Waals surface area (Å²) in [7, 11) is 0. The maximum Gasteiger partial charge on any atom is 0.0303 e. The molecule has 0 saturated carbocycles. The number of benzene rings is 2. The zero-order valence-corrected chi connectivity index (χ0v) is 9.12. The van der Waals surface area contributed by atoms with Gasteiger partial charge in [-0.2, -0.15) is 0 Å². The summed E-state index contributed by atoms with van der Waals surface area (Å²) >= 11 is 0. The van der Waals surface area contributed by atoms with Gasteiger partial charge in [0.1, 0.15) is 0 Å². The Balaban J connectivity index is 2.45. The zero-order chi connectivity index (χ0) is 10.4. The van der Waals surface area contributed by atoms with Gasteiger partial charge in [-0.1, -0.05) is 36.4 Å². The van der Waals surface area contributed by atoms with E-state index in [2.05, 4.69) is 55.6 Å². The fourth-order valence-corrected chi connectivity index (χ4v) is 2.68. The lowest BCUT2D eigenvalue weighted by molar-refractivity contribution is 0.486. The number of nitrogens with one attached hydrogen (secondary N) is 1. The quantitative estimate of drug-likeness (QED) is 0.681. The van der Waals surface area contributed by atoms with Crippen molar-refractivity contribution in [2.75, 3.05) is 0 Å². The topological polar surface area (TPSA) is 12.0 Å². The van der Waals surface area contributed by atoms with Gasteiger partial charge in [0.15, 0.2) is 0 Å². The largest absolute Gasteiger partial charge is 0.304 e. The lowest BCUT2D eigenvalue weighted by Gasteiger charge is -2.29. The fraction of sp³-hybridized carbons (Fsp3) is 0.286. The van der Waals surface area contributed by atoms with E-state index < -0.39 is 0 Å². The van der Waals surface area contributed by atoms with Crippen molar-refractivity contribution in [3.63, 3.8) is 0 Å². The Morgan fingerprint density at radius 3 is 1.93 bits per heavy atom. The predicted molar refractivity (Wildman–Crippen MR) is 63.9 cm³/mol. The van der Waals surface area contributed by atoms with Crippen LogP contribution < -0.4 is 5.32 Å². The van der Waals surface area contributed by atoms with Gasteiger partial charge in [0.05, 0.1) is 0 Å². The molecule has 0 saturated heterocycles. The molecule has 2 aromatic carbocycles. The van der Waals surface area contributed by atoms with Crippen LogP contribution >= 0.6 is 0 Å². The molecule has 0 spiro atoms. The van der Waals surface area contributed by atoms with E-state index in [4.69, 9.17) is 0 Å². The van der Waals surface area contributed by atoms with Crippen LogP contribution in [-0.2, 0) is 0 Å². The van der Waals surface area contributed by atoms with Crippen LogP contribution in [0.2, 0.25) is 0 Å². The first-order chi connectivity index (χ1) is 7.27. The second-order valence-corrected chi connectivity index (χ2v) is 4.40. The Labute approximate surface area is 90.1 Å². The van der Waals surface area contributed by atoms with Crippen LogP contribution in [-0.4, -0.2) is 0 Å². The molecule has 76 valence electrons. The SMILES string of the molecule is CC1NC(C)c2cccc3cccc1c23. The highest BCUT2D eigenvalue weighted by atomic mass is 14.9. The van der Waals surface area contributed by atoms with E-state index >= 15 is 0 Å². The number of hydrogen-bond donors (Lipinski definition) is 1. The predicted octanol–water partition coefficient (Wildman–Crippen LogP) is 3.57. The first kappa shape index (κ1) is 8.93. The highest BCUT2D eigenvalue weighted by Crippen LogP contribution is 2.35. The maximum absolute atomic E-state index is 3.60. The Morgan fingerprint density at radius 2 is 1.40 bits per heavy atom. The minimum absolute atomic E-state index is 0.457. The highest BCUT2D eigenvalue weighted by Gasteiger charge is 2.21. The van der Waals surface area contributed by atoms with Crippen molar-refractivity contribution in [3.05, 3.63) is 47.5 Å². The molecule has 2 aromatic rings. The van der Waals surface area contributed by atoms with Crippen molar-refractivity contribution < 1.29 is 0 Å². The Kier molecular flexibility index (Phi) is 1.83. The zero-order valence-electron chi connectivity index (χ0n) is 9.12. The minimum Gasteiger partial charge on any atom is -0.304 e. The summed E-state index contributed by atoms with van der Waals surface area (Å²) in [6.07, 6.45) is 0. The van der Waals surface area contributed by atoms with E-state index in [-0.39, 0.29) is 0 Å². The Bertz CT molecular complexity index is 473. The standard InChI is InChI=1S/C14H15N/c1-9-12-7-3-5-11-6-4-8-13(14(11)12)10(2)15-9/h3-10,15H,1-2H3. The van der Waals surface area contributed by atoms with E-state index in [9.17, 15) is 0 Å². The molecule has 1 aliphatic heterocycles. The molecule has 1 heteroatoms. The molecular formula is C14H15N. The molecule has 0 aliphatic carbocycles. The van der Waals surface area contributed by atoms with Gasteiger partial charge in [0.25, 0.3) is 0 Å². The normalized spacial score (nSPS) is 24.4. The third-order valence-corrected chi connectivity index (χ3v) is 3.40. The summed E-state index contributed by atoms with van der Waals surface area (Å²) in [5.74, 6) is 0. The molecule has 0 amide bonds. The van der Waals surface area contributed by atoms with Crippen LogP contribution in [0.1, 0.15) is 37.1 Å². The first-order valence-corrected chi connectivity index (χ1v) is 5.55. The van der Waals surface area contributed by atoms with Crippen molar-refractivity contribution in [1.29, 1.82) is 0 Å². The van der Waals surface area contributed by atoms with Gasteiger partial charge in [-0.25, -0.2) is 0 Å². The average Bonchev–Trinajstić information content (AvgIpc) is 2.25. The second-order valence-electron chi connectivity index (χ2n) is 4.40. The van der Waals surface area contributed by atoms with Gasteiger partial charge >= 0.3 is 0 Å². The monoisotopic (exact) mass is 197 g/mol. The van der Waals surface area contributed by atoms with Crippen LogP contribution in [0, 0.1) is 0 Å². The number of hydrogen-bond acceptors (Lipinski definition) is 1. The van der Waals surface area contributed by atoms with Crippen molar-refractivity contribution in [1.82, 2.24) is 5.32 Å². The second kappa shape index (κ2) is 3.07. The molecule has 2 unspecified atom stereocenters. The minimum atomic E-state index is 0.457. The Morgan fingerprint density at radius 1 is 0.867 bits per heavy atom. The van der Waals surface area contributed by atoms with Crippen molar-refractivity contribution in [2.24, 2.45) is 0 Å². The lowest BCUT2D eigenvalue weighted by atomic mass is 9.88. The molecular weight excluding hydrogens is 182 g/mol. The smallest absolute Gasteiger partial charge is 0.0303 e. The van der Waals surface area contributed by atoms with Crippen LogP contribution in [0.25, 0.3) is 10.8 Å². The summed E-state index contributed by atoms with van der Waals surface area (Å²) in [4.78, 5) is 0. The van der Waals surface area contributed by atoms with Gasteiger partial charge in [-0.15, -0.1) is 0 Å². The molecule has 0 bridgehead atoms. The molecule has 1 aliphatic rings. The van der Waals surface area contributed by atoms with Gasteiger partial charge in [-0.3, -0.25) is 0 Å². The summed E-state index contributed by atoms with van der Waals surface area (Å²) < 4.78 is 0. The summed E-state index contributed by atoms with van der Waals surface area (Å²) in [5, 5.41) is 6.42. The van der Waals surface area contributed by atoms with Crippen LogP contribution in [0.4, 0.5) is 0 Å². The molecule has 0 radical (unpaired) electrons. The van der Waals surface area contributed by atoms with Crippen molar-refractivity contribution >= 4 is 10.8 Å². The van der Waals surface area contributed by atoms with Crippen LogP contribution in [0.5, 0.6) is 0 Å². The van der Waals surface area contributed by atoms with E-state index in [1.165, 1.54) is 21.9 Å². The molecule has 3 rings (SSSR count). The van der Waals surface area contributed by atoms with Gasteiger partial charge in [-0.05, 0) is 35.7 Å². The van der Waals surface area contributed by atoms with E-state index in [0.29, 0.717) is 12.1 Å².